The van der Waals surface area contributed by atoms with Crippen LogP contribution in [0.3, 0.4) is 0 Å². The van der Waals surface area contributed by atoms with Crippen molar-refractivity contribution in [2.75, 3.05) is 12.4 Å². The van der Waals surface area contributed by atoms with E-state index in [1.165, 1.54) is 12.1 Å². The fourth-order valence-electron chi connectivity index (χ4n) is 3.70. The number of hydrogen-bond acceptors (Lipinski definition) is 4. The van der Waals surface area contributed by atoms with E-state index in [2.05, 4.69) is 10.3 Å². The van der Waals surface area contributed by atoms with E-state index in [-0.39, 0.29) is 5.82 Å². The third kappa shape index (κ3) is 3.40. The summed E-state index contributed by atoms with van der Waals surface area (Å²) in [6, 6.07) is 18.3. The van der Waals surface area contributed by atoms with Crippen molar-refractivity contribution in [3.8, 4) is 22.8 Å². The summed E-state index contributed by atoms with van der Waals surface area (Å²) in [5.74, 6) is 1.23. The standard InChI is InChI=1S/C24H20FN5O/c1-29-21-5-3-4-19(23(21)28-24(29)16-6-8-17(25)9-7-16)27-18-10-11-20(22(14-18)31-2)30-13-12-26-15-30/h3-15,27H,1-2H3. The number of para-hydroxylation sites is 1. The number of rotatable bonds is 5. The largest absolute Gasteiger partial charge is 0.494 e. The van der Waals surface area contributed by atoms with E-state index in [1.807, 2.05) is 58.8 Å². The second kappa shape index (κ2) is 7.60. The van der Waals surface area contributed by atoms with Crippen LogP contribution in [-0.2, 0) is 7.05 Å². The number of nitrogens with one attached hydrogen (secondary N) is 1. The number of nitrogens with zero attached hydrogens (tertiary/aromatic N) is 4. The van der Waals surface area contributed by atoms with Gasteiger partial charge in [0.15, 0.2) is 0 Å². The van der Waals surface area contributed by atoms with E-state index in [0.29, 0.717) is 0 Å². The Balaban J connectivity index is 1.54. The van der Waals surface area contributed by atoms with Crippen LogP contribution in [-0.4, -0.2) is 26.2 Å². The molecule has 0 aliphatic carbocycles. The SMILES string of the molecule is COc1cc(Nc2cccc3c2nc(-c2ccc(F)cc2)n3C)ccc1-n1ccnc1. The molecule has 0 bridgehead atoms. The Labute approximate surface area is 178 Å². The molecule has 2 heterocycles. The molecule has 0 unspecified atom stereocenters. The maximum absolute atomic E-state index is 13.3. The van der Waals surface area contributed by atoms with Gasteiger partial charge in [-0.15, -0.1) is 0 Å². The van der Waals surface area contributed by atoms with Crippen LogP contribution in [0.4, 0.5) is 15.8 Å². The number of methoxy groups -OCH3 is 1. The van der Waals surface area contributed by atoms with Gasteiger partial charge < -0.3 is 19.2 Å². The smallest absolute Gasteiger partial charge is 0.144 e. The van der Waals surface area contributed by atoms with Crippen molar-refractivity contribution in [3.05, 3.63) is 85.2 Å². The van der Waals surface area contributed by atoms with Crippen LogP contribution in [0, 0.1) is 5.82 Å². The van der Waals surface area contributed by atoms with Crippen LogP contribution in [0.5, 0.6) is 5.75 Å². The van der Waals surface area contributed by atoms with E-state index < -0.39 is 0 Å². The second-order valence-corrected chi connectivity index (χ2v) is 7.16. The molecule has 7 heteroatoms. The van der Waals surface area contributed by atoms with Crippen LogP contribution in [0.2, 0.25) is 0 Å². The molecule has 0 atom stereocenters. The Hall–Kier alpha value is -4.13. The number of aromatic nitrogens is 4. The van der Waals surface area contributed by atoms with Crippen molar-refractivity contribution in [1.82, 2.24) is 19.1 Å². The number of anilines is 2. The number of imidazole rings is 2. The Kier molecular flexibility index (Phi) is 4.63. The predicted octanol–water partition coefficient (Wildman–Crippen LogP) is 5.32. The average molecular weight is 413 g/mol. The number of fused-ring (bicyclic) bond motifs is 1. The van der Waals surface area contributed by atoms with E-state index in [9.17, 15) is 4.39 Å². The fourth-order valence-corrected chi connectivity index (χ4v) is 3.70. The first-order valence-electron chi connectivity index (χ1n) is 9.79. The molecule has 0 radical (unpaired) electrons. The molecular weight excluding hydrogens is 393 g/mol. The van der Waals surface area contributed by atoms with Crippen LogP contribution in [0.15, 0.2) is 79.4 Å². The minimum atomic E-state index is -0.266. The van der Waals surface area contributed by atoms with Gasteiger partial charge in [-0.1, -0.05) is 6.07 Å². The van der Waals surface area contributed by atoms with E-state index in [0.717, 1.165) is 45.2 Å². The Morgan fingerprint density at radius 2 is 1.87 bits per heavy atom. The molecule has 2 aromatic heterocycles. The summed E-state index contributed by atoms with van der Waals surface area (Å²) in [6.07, 6.45) is 5.33. The summed E-state index contributed by atoms with van der Waals surface area (Å²) < 4.78 is 22.8. The number of halogens is 1. The molecule has 0 aliphatic heterocycles. The first kappa shape index (κ1) is 18.9. The lowest BCUT2D eigenvalue weighted by atomic mass is 10.2. The molecule has 5 aromatic rings. The molecule has 0 amide bonds. The molecule has 6 nitrogen and oxygen atoms in total. The topological polar surface area (TPSA) is 56.9 Å². The molecule has 31 heavy (non-hydrogen) atoms. The third-order valence-electron chi connectivity index (χ3n) is 5.26. The van der Waals surface area contributed by atoms with Crippen molar-refractivity contribution in [2.24, 2.45) is 7.05 Å². The highest BCUT2D eigenvalue weighted by atomic mass is 19.1. The maximum atomic E-state index is 13.3. The summed E-state index contributed by atoms with van der Waals surface area (Å²) in [7, 11) is 3.61. The van der Waals surface area contributed by atoms with E-state index in [1.54, 1.807) is 31.8 Å². The summed E-state index contributed by atoms with van der Waals surface area (Å²) in [5.41, 5.74) is 5.33. The summed E-state index contributed by atoms with van der Waals surface area (Å²) >= 11 is 0. The summed E-state index contributed by atoms with van der Waals surface area (Å²) in [5, 5.41) is 3.45. The van der Waals surface area contributed by atoms with Crippen molar-refractivity contribution >= 4 is 22.4 Å². The fraction of sp³-hybridized carbons (Fsp3) is 0.0833. The second-order valence-electron chi connectivity index (χ2n) is 7.16. The first-order chi connectivity index (χ1) is 15.1. The van der Waals surface area contributed by atoms with Gasteiger partial charge in [-0.25, -0.2) is 14.4 Å². The lowest BCUT2D eigenvalue weighted by molar-refractivity contribution is 0.413. The van der Waals surface area contributed by atoms with Gasteiger partial charge in [-0.05, 0) is 48.5 Å². The lowest BCUT2D eigenvalue weighted by Crippen LogP contribution is -1.98. The zero-order valence-corrected chi connectivity index (χ0v) is 17.1. The molecule has 0 saturated carbocycles. The molecule has 0 spiro atoms. The van der Waals surface area contributed by atoms with Crippen molar-refractivity contribution in [2.45, 2.75) is 0 Å². The van der Waals surface area contributed by atoms with Gasteiger partial charge in [0.05, 0.1) is 30.3 Å². The quantitative estimate of drug-likeness (QED) is 0.424. The van der Waals surface area contributed by atoms with Gasteiger partial charge in [0.2, 0.25) is 0 Å². The lowest BCUT2D eigenvalue weighted by Gasteiger charge is -2.13. The monoisotopic (exact) mass is 413 g/mol. The van der Waals surface area contributed by atoms with Crippen LogP contribution < -0.4 is 10.1 Å². The van der Waals surface area contributed by atoms with Gasteiger partial charge in [0, 0.05) is 36.8 Å². The minimum absolute atomic E-state index is 0.266. The van der Waals surface area contributed by atoms with Gasteiger partial charge in [-0.2, -0.15) is 0 Å². The number of ether oxygens (including phenoxy) is 1. The van der Waals surface area contributed by atoms with Gasteiger partial charge in [0.1, 0.15) is 22.9 Å². The molecule has 0 saturated heterocycles. The van der Waals surface area contributed by atoms with Crippen LogP contribution in [0.25, 0.3) is 28.1 Å². The average Bonchev–Trinajstić information content (AvgIpc) is 3.44. The van der Waals surface area contributed by atoms with Gasteiger partial charge in [-0.3, -0.25) is 0 Å². The van der Waals surface area contributed by atoms with Crippen molar-refractivity contribution in [3.63, 3.8) is 0 Å². The molecule has 3 aromatic carbocycles. The highest BCUT2D eigenvalue weighted by molar-refractivity contribution is 5.93. The Morgan fingerprint density at radius 1 is 1.03 bits per heavy atom. The molecule has 5 rings (SSSR count). The number of benzene rings is 3. The first-order valence-corrected chi connectivity index (χ1v) is 9.79. The number of aryl methyl sites for hydroxylation is 1. The predicted molar refractivity (Wildman–Crippen MR) is 120 cm³/mol. The molecule has 0 aliphatic rings. The van der Waals surface area contributed by atoms with Gasteiger partial charge in [0.25, 0.3) is 0 Å². The zero-order valence-electron chi connectivity index (χ0n) is 17.1. The maximum Gasteiger partial charge on any atom is 0.144 e. The minimum Gasteiger partial charge on any atom is -0.494 e. The molecule has 154 valence electrons. The zero-order chi connectivity index (χ0) is 21.4. The van der Waals surface area contributed by atoms with Crippen molar-refractivity contribution < 1.29 is 9.13 Å². The van der Waals surface area contributed by atoms with E-state index >= 15 is 0 Å². The van der Waals surface area contributed by atoms with Gasteiger partial charge >= 0.3 is 0 Å². The molecular formula is C24H20FN5O. The van der Waals surface area contributed by atoms with E-state index in [4.69, 9.17) is 9.72 Å². The highest BCUT2D eigenvalue weighted by Gasteiger charge is 2.14. The third-order valence-corrected chi connectivity index (χ3v) is 5.26. The normalized spacial score (nSPS) is 11.1. The summed E-state index contributed by atoms with van der Waals surface area (Å²) in [6.45, 7) is 0. The molecule has 1 N–H and O–H groups in total. The highest BCUT2D eigenvalue weighted by Crippen LogP contribution is 2.32. The molecule has 0 fully saturated rings. The number of hydrogen-bond donors (Lipinski definition) is 1. The van der Waals surface area contributed by atoms with Crippen LogP contribution >= 0.6 is 0 Å². The summed E-state index contributed by atoms with van der Waals surface area (Å²) in [4.78, 5) is 8.94. The Bertz CT molecular complexity index is 1360. The Morgan fingerprint density at radius 3 is 2.61 bits per heavy atom. The van der Waals surface area contributed by atoms with Crippen molar-refractivity contribution in [1.29, 1.82) is 0 Å². The van der Waals surface area contributed by atoms with Crippen LogP contribution in [0.1, 0.15) is 0 Å².